The van der Waals surface area contributed by atoms with Crippen molar-refractivity contribution in [3.05, 3.63) is 17.6 Å². The third kappa shape index (κ3) is 4.89. The molecule has 3 rings (SSSR count). The summed E-state index contributed by atoms with van der Waals surface area (Å²) in [6.07, 6.45) is 6.34. The Hall–Kier alpha value is -1.89. The summed E-state index contributed by atoms with van der Waals surface area (Å²) in [7, 11) is 0. The molecule has 2 saturated heterocycles. The molecule has 7 nitrogen and oxygen atoms in total. The molecule has 1 aromatic heterocycles. The van der Waals surface area contributed by atoms with Gasteiger partial charge in [-0.2, -0.15) is 0 Å². The highest BCUT2D eigenvalue weighted by Gasteiger charge is 2.30. The Morgan fingerprint density at radius 2 is 2.00 bits per heavy atom. The predicted molar refractivity (Wildman–Crippen MR) is 106 cm³/mol. The number of carbonyl (C=O) groups is 1. The number of hydrogen-bond acceptors (Lipinski definition) is 6. The lowest BCUT2D eigenvalue weighted by molar-refractivity contribution is 0.0629. The summed E-state index contributed by atoms with van der Waals surface area (Å²) in [4.78, 5) is 27.9. The van der Waals surface area contributed by atoms with Gasteiger partial charge in [-0.3, -0.25) is 4.90 Å². The number of hydrogen-bond donors (Lipinski definition) is 0. The lowest BCUT2D eigenvalue weighted by Gasteiger charge is -2.43. The normalized spacial score (nSPS) is 21.4. The Labute approximate surface area is 162 Å². The third-order valence-corrected chi connectivity index (χ3v) is 5.53. The molecular weight excluding hydrogens is 342 g/mol. The first-order valence-electron chi connectivity index (χ1n) is 10.4. The number of piperazine rings is 1. The minimum atomic E-state index is -0.178. The Balaban J connectivity index is 1.62. The highest BCUT2D eigenvalue weighted by atomic mass is 16.6. The van der Waals surface area contributed by atoms with Crippen molar-refractivity contribution in [3.63, 3.8) is 0 Å². The topological polar surface area (TPSA) is 61.8 Å². The molecule has 7 heteroatoms. The SMILES string of the molecule is CCCc1cnc(C)nc1N1CCCC(N2CCN(C(=O)OCC)CC2)C1. The molecular formula is C20H33N5O2. The number of amides is 1. The summed E-state index contributed by atoms with van der Waals surface area (Å²) in [5.74, 6) is 1.97. The summed E-state index contributed by atoms with van der Waals surface area (Å²) in [5, 5.41) is 0. The first-order chi connectivity index (χ1) is 13.1. The van der Waals surface area contributed by atoms with Gasteiger partial charge in [-0.1, -0.05) is 13.3 Å². The van der Waals surface area contributed by atoms with Crippen molar-refractivity contribution < 1.29 is 9.53 Å². The summed E-state index contributed by atoms with van der Waals surface area (Å²) in [5.41, 5.74) is 1.26. The van der Waals surface area contributed by atoms with Crippen molar-refractivity contribution >= 4 is 11.9 Å². The van der Waals surface area contributed by atoms with E-state index < -0.39 is 0 Å². The maximum absolute atomic E-state index is 11.9. The van der Waals surface area contributed by atoms with Gasteiger partial charge in [-0.15, -0.1) is 0 Å². The van der Waals surface area contributed by atoms with Crippen LogP contribution in [0.3, 0.4) is 0 Å². The average Bonchev–Trinajstić information content (AvgIpc) is 2.70. The number of rotatable bonds is 5. The zero-order valence-corrected chi connectivity index (χ0v) is 17.0. The molecule has 1 aromatic rings. The zero-order chi connectivity index (χ0) is 19.2. The third-order valence-electron chi connectivity index (χ3n) is 5.53. The molecule has 0 radical (unpaired) electrons. The van der Waals surface area contributed by atoms with Gasteiger partial charge in [0, 0.05) is 57.1 Å². The summed E-state index contributed by atoms with van der Waals surface area (Å²) >= 11 is 0. The second-order valence-corrected chi connectivity index (χ2v) is 7.48. The Bertz CT molecular complexity index is 631. The largest absolute Gasteiger partial charge is 0.450 e. The van der Waals surface area contributed by atoms with E-state index in [1.807, 2.05) is 24.9 Å². The number of aryl methyl sites for hydroxylation is 2. The minimum Gasteiger partial charge on any atom is -0.450 e. The van der Waals surface area contributed by atoms with Crippen molar-refractivity contribution in [1.82, 2.24) is 19.8 Å². The molecule has 27 heavy (non-hydrogen) atoms. The number of piperidine rings is 1. The van der Waals surface area contributed by atoms with Gasteiger partial charge in [0.15, 0.2) is 0 Å². The van der Waals surface area contributed by atoms with Crippen LogP contribution in [-0.4, -0.2) is 77.8 Å². The van der Waals surface area contributed by atoms with Crippen LogP contribution in [-0.2, 0) is 11.2 Å². The molecule has 0 aliphatic carbocycles. The second-order valence-electron chi connectivity index (χ2n) is 7.48. The van der Waals surface area contributed by atoms with E-state index in [0.717, 1.165) is 63.8 Å². The number of ether oxygens (including phenoxy) is 1. The van der Waals surface area contributed by atoms with Gasteiger partial charge in [-0.05, 0) is 33.1 Å². The van der Waals surface area contributed by atoms with E-state index in [2.05, 4.69) is 21.7 Å². The fourth-order valence-corrected chi connectivity index (χ4v) is 4.13. The molecule has 0 bridgehead atoms. The molecule has 0 spiro atoms. The maximum Gasteiger partial charge on any atom is 0.409 e. The van der Waals surface area contributed by atoms with Crippen LogP contribution in [0.25, 0.3) is 0 Å². The fraction of sp³-hybridized carbons (Fsp3) is 0.750. The van der Waals surface area contributed by atoms with E-state index in [0.29, 0.717) is 12.6 Å². The molecule has 0 aromatic carbocycles. The van der Waals surface area contributed by atoms with E-state index in [4.69, 9.17) is 9.72 Å². The minimum absolute atomic E-state index is 0.178. The lowest BCUT2D eigenvalue weighted by Crippen LogP contribution is -2.56. The Morgan fingerprint density at radius 3 is 2.70 bits per heavy atom. The molecule has 2 aliphatic rings. The van der Waals surface area contributed by atoms with Gasteiger partial charge in [0.1, 0.15) is 11.6 Å². The Kier molecular flexibility index (Phi) is 6.88. The molecule has 0 N–H and O–H groups in total. The number of nitrogens with zero attached hydrogens (tertiary/aromatic N) is 5. The van der Waals surface area contributed by atoms with Crippen LogP contribution in [0, 0.1) is 6.92 Å². The van der Waals surface area contributed by atoms with Gasteiger partial charge in [0.2, 0.25) is 0 Å². The van der Waals surface area contributed by atoms with Crippen molar-refractivity contribution in [2.24, 2.45) is 0 Å². The van der Waals surface area contributed by atoms with Crippen LogP contribution in [0.2, 0.25) is 0 Å². The predicted octanol–water partition coefficient (Wildman–Crippen LogP) is 2.48. The number of carbonyl (C=O) groups excluding carboxylic acids is 1. The highest BCUT2D eigenvalue weighted by molar-refractivity contribution is 5.67. The van der Waals surface area contributed by atoms with Gasteiger partial charge in [0.05, 0.1) is 6.61 Å². The van der Waals surface area contributed by atoms with Crippen LogP contribution in [0.5, 0.6) is 0 Å². The van der Waals surface area contributed by atoms with Crippen molar-refractivity contribution in [2.45, 2.75) is 52.5 Å². The molecule has 3 heterocycles. The fourth-order valence-electron chi connectivity index (χ4n) is 4.13. The molecule has 150 valence electrons. The molecule has 2 aliphatic heterocycles. The summed E-state index contributed by atoms with van der Waals surface area (Å²) in [6, 6.07) is 0.521. The van der Waals surface area contributed by atoms with E-state index in [-0.39, 0.29) is 6.09 Å². The monoisotopic (exact) mass is 375 g/mol. The standard InChI is InChI=1S/C20H33N5O2/c1-4-7-17-14-21-16(3)22-19(17)25-9-6-8-18(15-25)23-10-12-24(13-11-23)20(26)27-5-2/h14,18H,4-13,15H2,1-3H3. The second kappa shape index (κ2) is 9.35. The van der Waals surface area contributed by atoms with Gasteiger partial charge in [-0.25, -0.2) is 14.8 Å². The van der Waals surface area contributed by atoms with E-state index >= 15 is 0 Å². The van der Waals surface area contributed by atoms with Crippen LogP contribution in [0.4, 0.5) is 10.6 Å². The quantitative estimate of drug-likeness (QED) is 0.788. The first-order valence-corrected chi connectivity index (χ1v) is 10.4. The lowest BCUT2D eigenvalue weighted by atomic mass is 10.0. The smallest absolute Gasteiger partial charge is 0.409 e. The van der Waals surface area contributed by atoms with E-state index in [1.54, 1.807) is 0 Å². The van der Waals surface area contributed by atoms with E-state index in [9.17, 15) is 4.79 Å². The van der Waals surface area contributed by atoms with Crippen molar-refractivity contribution in [1.29, 1.82) is 0 Å². The van der Waals surface area contributed by atoms with Crippen LogP contribution in [0.1, 0.15) is 44.5 Å². The van der Waals surface area contributed by atoms with Crippen LogP contribution >= 0.6 is 0 Å². The summed E-state index contributed by atoms with van der Waals surface area (Å²) < 4.78 is 5.13. The molecule has 1 amide bonds. The van der Waals surface area contributed by atoms with Gasteiger partial charge >= 0.3 is 6.09 Å². The maximum atomic E-state index is 11.9. The first kappa shape index (κ1) is 19.9. The molecule has 1 unspecified atom stereocenters. The molecule has 2 fully saturated rings. The summed E-state index contributed by atoms with van der Waals surface area (Å²) in [6.45, 7) is 11.9. The van der Waals surface area contributed by atoms with Gasteiger partial charge in [0.25, 0.3) is 0 Å². The molecule has 1 atom stereocenters. The molecule has 0 saturated carbocycles. The Morgan fingerprint density at radius 1 is 1.22 bits per heavy atom. The van der Waals surface area contributed by atoms with Crippen molar-refractivity contribution in [3.8, 4) is 0 Å². The van der Waals surface area contributed by atoms with Gasteiger partial charge < -0.3 is 14.5 Å². The van der Waals surface area contributed by atoms with Crippen LogP contribution < -0.4 is 4.90 Å². The van der Waals surface area contributed by atoms with Crippen LogP contribution in [0.15, 0.2) is 6.20 Å². The van der Waals surface area contributed by atoms with E-state index in [1.165, 1.54) is 18.4 Å². The zero-order valence-electron chi connectivity index (χ0n) is 17.0. The van der Waals surface area contributed by atoms with Crippen molar-refractivity contribution in [2.75, 3.05) is 50.8 Å². The highest BCUT2D eigenvalue weighted by Crippen LogP contribution is 2.25. The average molecular weight is 376 g/mol. The number of aromatic nitrogens is 2. The number of anilines is 1.